The van der Waals surface area contributed by atoms with Gasteiger partial charge in [-0.15, -0.1) is 0 Å². The first-order chi connectivity index (χ1) is 28.0. The highest BCUT2D eigenvalue weighted by Gasteiger charge is 2.28. The number of nitriles is 1. The molecule has 0 aromatic heterocycles. The Morgan fingerprint density at radius 2 is 0.789 bits per heavy atom. The molecule has 8 rings (SSSR count). The summed E-state index contributed by atoms with van der Waals surface area (Å²) >= 11 is 0. The van der Waals surface area contributed by atoms with E-state index in [-0.39, 0.29) is 29.9 Å². The van der Waals surface area contributed by atoms with E-state index in [2.05, 4.69) is 57.2 Å². The number of morpholine rings is 3. The van der Waals surface area contributed by atoms with Crippen LogP contribution in [0.15, 0.2) is 152 Å². The summed E-state index contributed by atoms with van der Waals surface area (Å²) in [5, 5.41) is 8.77. The van der Waals surface area contributed by atoms with Crippen LogP contribution in [0.25, 0.3) is 0 Å². The Balaban J connectivity index is 0.000000147. The molecule has 0 radical (unpaired) electrons. The highest BCUT2D eigenvalue weighted by atomic mass is 16.5. The highest BCUT2D eigenvalue weighted by molar-refractivity contribution is 6.00. The van der Waals surface area contributed by atoms with E-state index in [1.165, 1.54) is 16.7 Å². The molecule has 5 aromatic rings. The van der Waals surface area contributed by atoms with E-state index in [4.69, 9.17) is 19.5 Å². The Hall–Kier alpha value is -5.31. The molecule has 294 valence electrons. The summed E-state index contributed by atoms with van der Waals surface area (Å²) in [6.07, 6.45) is -0.975. The second-order valence-corrected chi connectivity index (χ2v) is 14.3. The van der Waals surface area contributed by atoms with Gasteiger partial charge in [0.1, 0.15) is 12.2 Å². The number of benzene rings is 5. The topological polar surface area (TPSA) is 95.3 Å². The van der Waals surface area contributed by atoms with Gasteiger partial charge in [0.2, 0.25) is 0 Å². The minimum atomic E-state index is -0.357. The van der Waals surface area contributed by atoms with Crippen molar-refractivity contribution in [3.8, 4) is 6.07 Å². The molecule has 3 saturated heterocycles. The van der Waals surface area contributed by atoms with E-state index in [9.17, 15) is 9.59 Å². The molecule has 2 unspecified atom stereocenters. The first-order valence-electron chi connectivity index (χ1n) is 19.8. The number of carbonyl (C=O) groups excluding carboxylic acids is 2. The molecule has 0 spiro atoms. The van der Waals surface area contributed by atoms with Crippen LogP contribution in [0.3, 0.4) is 0 Å². The highest BCUT2D eigenvalue weighted by Crippen LogP contribution is 2.16. The molecule has 9 nitrogen and oxygen atoms in total. The van der Waals surface area contributed by atoms with Crippen LogP contribution in [-0.2, 0) is 33.8 Å². The number of ketones is 2. The van der Waals surface area contributed by atoms with Crippen LogP contribution in [0.5, 0.6) is 0 Å². The Bertz CT molecular complexity index is 1850. The smallest absolute Gasteiger partial charge is 0.192 e. The van der Waals surface area contributed by atoms with Gasteiger partial charge in [0.15, 0.2) is 17.7 Å². The van der Waals surface area contributed by atoms with Gasteiger partial charge in [-0.2, -0.15) is 5.26 Å². The first-order valence-corrected chi connectivity index (χ1v) is 19.8. The normalized spacial score (nSPS) is 20.1. The van der Waals surface area contributed by atoms with Gasteiger partial charge in [-0.05, 0) is 16.7 Å². The molecule has 0 amide bonds. The number of nitrogens with zero attached hydrogens (tertiary/aromatic N) is 4. The van der Waals surface area contributed by atoms with Crippen molar-refractivity contribution in [3.63, 3.8) is 0 Å². The van der Waals surface area contributed by atoms with Gasteiger partial charge >= 0.3 is 0 Å². The average Bonchev–Trinajstić information content (AvgIpc) is 3.28. The summed E-state index contributed by atoms with van der Waals surface area (Å²) in [6.45, 7) is 9.18. The van der Waals surface area contributed by atoms with Gasteiger partial charge < -0.3 is 14.2 Å². The van der Waals surface area contributed by atoms with E-state index in [1.807, 2.05) is 115 Å². The van der Waals surface area contributed by atoms with Gasteiger partial charge in [0, 0.05) is 70.0 Å². The number of hydrogen-bond acceptors (Lipinski definition) is 9. The van der Waals surface area contributed by atoms with Crippen molar-refractivity contribution >= 4 is 11.6 Å². The lowest BCUT2D eigenvalue weighted by molar-refractivity contribution is -0.0190. The van der Waals surface area contributed by atoms with Crippen LogP contribution in [0.2, 0.25) is 0 Å². The monoisotopic (exact) mass is 764 g/mol. The molecule has 3 aliphatic rings. The van der Waals surface area contributed by atoms with E-state index in [0.717, 1.165) is 50.4 Å². The molecule has 5 aromatic carbocycles. The summed E-state index contributed by atoms with van der Waals surface area (Å²) in [5.41, 5.74) is 5.28. The van der Waals surface area contributed by atoms with Gasteiger partial charge in [-0.3, -0.25) is 24.3 Å². The van der Waals surface area contributed by atoms with Crippen molar-refractivity contribution in [1.82, 2.24) is 14.7 Å². The molecule has 3 atom stereocenters. The summed E-state index contributed by atoms with van der Waals surface area (Å²) in [4.78, 5) is 31.7. The van der Waals surface area contributed by atoms with E-state index >= 15 is 0 Å². The summed E-state index contributed by atoms with van der Waals surface area (Å²) in [5.74, 6) is 0.154. The lowest BCUT2D eigenvalue weighted by atomic mass is 10.0. The zero-order chi connectivity index (χ0) is 39.5. The molecule has 9 heteroatoms. The Kier molecular flexibility index (Phi) is 16.3. The molecular formula is C48H52N4O5. The second kappa shape index (κ2) is 22.4. The zero-order valence-corrected chi connectivity index (χ0v) is 32.5. The number of ether oxygens (including phenoxy) is 3. The van der Waals surface area contributed by atoms with E-state index in [0.29, 0.717) is 39.5 Å². The third-order valence-electron chi connectivity index (χ3n) is 10.0. The fourth-order valence-corrected chi connectivity index (χ4v) is 7.04. The molecule has 57 heavy (non-hydrogen) atoms. The quantitative estimate of drug-likeness (QED) is 0.140. The lowest BCUT2D eigenvalue weighted by Gasteiger charge is -2.32. The maximum atomic E-state index is 12.4. The third-order valence-corrected chi connectivity index (χ3v) is 10.0. The number of carbonyl (C=O) groups is 2. The molecule has 3 fully saturated rings. The second-order valence-electron chi connectivity index (χ2n) is 14.3. The van der Waals surface area contributed by atoms with Crippen LogP contribution in [0.1, 0.15) is 37.4 Å². The molecule has 0 N–H and O–H groups in total. The Labute approximate surface area is 337 Å². The van der Waals surface area contributed by atoms with Gasteiger partial charge in [-0.25, -0.2) is 0 Å². The van der Waals surface area contributed by atoms with Crippen molar-refractivity contribution < 1.29 is 23.8 Å². The summed E-state index contributed by atoms with van der Waals surface area (Å²) < 4.78 is 16.6. The van der Waals surface area contributed by atoms with Crippen LogP contribution >= 0.6 is 0 Å². The third kappa shape index (κ3) is 13.4. The largest absolute Gasteiger partial charge is 0.367 e. The van der Waals surface area contributed by atoms with Crippen molar-refractivity contribution in [3.05, 3.63) is 179 Å². The van der Waals surface area contributed by atoms with Crippen LogP contribution in [-0.4, -0.2) is 104 Å². The molecule has 0 saturated carbocycles. The van der Waals surface area contributed by atoms with Crippen LogP contribution < -0.4 is 0 Å². The first kappa shape index (κ1) is 41.3. The maximum Gasteiger partial charge on any atom is 0.192 e. The van der Waals surface area contributed by atoms with Gasteiger partial charge in [-0.1, -0.05) is 152 Å². The maximum absolute atomic E-state index is 12.4. The van der Waals surface area contributed by atoms with Crippen molar-refractivity contribution in [1.29, 1.82) is 5.26 Å². The number of Topliss-reactive ketones (excluding diaryl/α,β-unsaturated/α-hetero) is 2. The Morgan fingerprint density at radius 1 is 0.474 bits per heavy atom. The van der Waals surface area contributed by atoms with Crippen molar-refractivity contribution in [2.45, 2.75) is 37.9 Å². The van der Waals surface area contributed by atoms with Crippen LogP contribution in [0, 0.1) is 11.3 Å². The number of hydrogen-bond donors (Lipinski definition) is 0. The predicted molar refractivity (Wildman–Crippen MR) is 222 cm³/mol. The number of rotatable bonds is 10. The molecule has 3 aliphatic heterocycles. The SMILES string of the molecule is N#CC1CN(Cc2ccccc2)CCO1.O=C(c1ccccc1)C1CN(Cc2ccccc2)CCO1.O=C(c1ccccc1)[C@@H]1CN(Cc2ccccc2)CCO1. The summed E-state index contributed by atoms with van der Waals surface area (Å²) in [6, 6.07) is 51.9. The van der Waals surface area contributed by atoms with Crippen LogP contribution in [0.4, 0.5) is 0 Å². The molecule has 0 aliphatic carbocycles. The van der Waals surface area contributed by atoms with Crippen molar-refractivity contribution in [2.75, 3.05) is 59.1 Å². The zero-order valence-electron chi connectivity index (χ0n) is 32.5. The Morgan fingerprint density at radius 3 is 1.14 bits per heavy atom. The van der Waals surface area contributed by atoms with Crippen molar-refractivity contribution in [2.24, 2.45) is 0 Å². The average molecular weight is 765 g/mol. The minimum absolute atomic E-state index is 0.0772. The van der Waals surface area contributed by atoms with Gasteiger partial charge in [0.25, 0.3) is 0 Å². The fourth-order valence-electron chi connectivity index (χ4n) is 7.04. The molecular weight excluding hydrogens is 713 g/mol. The van der Waals surface area contributed by atoms with Gasteiger partial charge in [0.05, 0.1) is 25.9 Å². The lowest BCUT2D eigenvalue weighted by Crippen LogP contribution is -2.45. The fraction of sp³-hybridized carbons (Fsp3) is 0.312. The summed E-state index contributed by atoms with van der Waals surface area (Å²) in [7, 11) is 0. The molecule has 3 heterocycles. The molecule has 0 bridgehead atoms. The standard InChI is InChI=1S/2C18H19NO2.C12H14N2O/c2*20-18(16-9-5-2-6-10-16)17-14-19(11-12-21-17)13-15-7-3-1-4-8-15;13-8-12-10-14(6-7-15-12)9-11-4-2-1-3-5-11/h2*1-10,17H,11-14H2;1-5,12H,6-7,9-10H2/t17-;;/m0../s1. The van der Waals surface area contributed by atoms with E-state index in [1.54, 1.807) is 0 Å². The minimum Gasteiger partial charge on any atom is -0.367 e. The predicted octanol–water partition coefficient (Wildman–Crippen LogP) is 6.95. The van der Waals surface area contributed by atoms with E-state index < -0.39 is 0 Å².